The van der Waals surface area contributed by atoms with Gasteiger partial charge in [0, 0.05) is 151 Å². The summed E-state index contributed by atoms with van der Waals surface area (Å²) in [6.45, 7) is 25.9. The van der Waals surface area contributed by atoms with Crippen LogP contribution in [0.1, 0.15) is 182 Å². The summed E-state index contributed by atoms with van der Waals surface area (Å²) in [5, 5.41) is 25.7. The molecule has 6 N–H and O–H groups in total. The van der Waals surface area contributed by atoms with E-state index in [1.54, 1.807) is 42.5 Å². The topological polar surface area (TPSA) is 408 Å². The summed E-state index contributed by atoms with van der Waals surface area (Å²) in [5.74, 6) is -1.32. The highest BCUT2D eigenvalue weighted by Gasteiger charge is 2.48. The molecule has 682 valence electrons. The van der Waals surface area contributed by atoms with Crippen molar-refractivity contribution in [3.8, 4) is 5.88 Å². The molecule has 33 heteroatoms. The Balaban J connectivity index is 0.000000223. The number of carbonyl (C=O) groups excluding carboxylic acids is 4. The lowest BCUT2D eigenvalue weighted by Crippen LogP contribution is -2.31. The van der Waals surface area contributed by atoms with Crippen molar-refractivity contribution >= 4 is 107 Å². The zero-order valence-corrected chi connectivity index (χ0v) is 76.4. The lowest BCUT2D eigenvalue weighted by molar-refractivity contribution is -0.438. The van der Waals surface area contributed by atoms with E-state index in [0.29, 0.717) is 107 Å². The Morgan fingerprint density at radius 3 is 1.57 bits per heavy atom. The number of nitrogens with one attached hydrogen (secondary N) is 2. The maximum atomic E-state index is 12.9. The number of aryl methyl sites for hydroxylation is 3. The van der Waals surface area contributed by atoms with E-state index in [0.717, 1.165) is 117 Å². The third kappa shape index (κ3) is 21.9. The van der Waals surface area contributed by atoms with Crippen molar-refractivity contribution in [3.63, 3.8) is 0 Å². The Morgan fingerprint density at radius 1 is 0.562 bits per heavy atom. The maximum absolute atomic E-state index is 12.9. The van der Waals surface area contributed by atoms with E-state index in [4.69, 9.17) is 24.8 Å². The number of allylic oxidation sites excluding steroid dienone is 8. The van der Waals surface area contributed by atoms with E-state index in [1.807, 2.05) is 62.4 Å². The number of fused-ring (bicyclic) bond motifs is 5. The third-order valence-electron chi connectivity index (χ3n) is 24.6. The summed E-state index contributed by atoms with van der Waals surface area (Å²) in [7, 11) is -8.88. The van der Waals surface area contributed by atoms with Crippen LogP contribution in [-0.4, -0.2) is 151 Å². The molecule has 5 aliphatic rings. The Kier molecular flexibility index (Phi) is 29.2. The van der Waals surface area contributed by atoms with Gasteiger partial charge in [-0.1, -0.05) is 112 Å². The number of nitro groups is 2. The molecule has 0 radical (unpaired) electrons. The van der Waals surface area contributed by atoms with Crippen LogP contribution >= 0.6 is 0 Å². The van der Waals surface area contributed by atoms with Crippen molar-refractivity contribution in [1.82, 2.24) is 30.3 Å². The number of H-pyrrole nitrogens is 1. The van der Waals surface area contributed by atoms with Gasteiger partial charge >= 0.3 is 5.97 Å². The van der Waals surface area contributed by atoms with Crippen molar-refractivity contribution < 1.29 is 83.2 Å². The number of ether oxygens (including phenoxy) is 3. The molecule has 7 aromatic carbocycles. The van der Waals surface area contributed by atoms with Gasteiger partial charge in [-0.3, -0.25) is 43.7 Å². The highest BCUT2D eigenvalue weighted by Crippen LogP contribution is 2.51. The second-order valence-corrected chi connectivity index (χ2v) is 38.0. The SMILES string of the molecule is Cc1ccc2c(c1)C(C)(C)C(=CC=CC1=[N+](CCCCCC(=O)NCc3ccc(COc4nc(N)nc5nc[nH]c45)cc3)c3ccc(S(=O)(=O)O)cc3C1(C)C)N2CCCc1ccc([N+](=O)[O-])cc1.Cc1ccc2c(c1)C(C)(C)C(=CC=CC1=[N+](CCCCCC(=O)ON3C(=O)CCC3=O)c3ccc(S(=O)(=O)O)cc3C1(C)C)N2CCOCCOCc1ccc([N+](=O)[O-])cc1. The van der Waals surface area contributed by atoms with Gasteiger partial charge < -0.3 is 44.9 Å². The quantitative estimate of drug-likeness (QED) is 0.00599. The van der Waals surface area contributed by atoms with Crippen LogP contribution in [0.15, 0.2) is 210 Å². The third-order valence-corrected chi connectivity index (χ3v) is 26.3. The van der Waals surface area contributed by atoms with Crippen LogP contribution in [0.25, 0.3) is 11.2 Å². The number of imide groups is 1. The molecule has 2 aromatic heterocycles. The van der Waals surface area contributed by atoms with E-state index in [2.05, 4.69) is 160 Å². The number of non-ortho nitro benzene ring substituents is 2. The number of carbonyl (C=O) groups is 4. The average Bonchev–Trinajstić information content (AvgIpc) is 1.59. The van der Waals surface area contributed by atoms with Crippen molar-refractivity contribution in [3.05, 3.63) is 276 Å². The number of amides is 3. The van der Waals surface area contributed by atoms with E-state index < -0.39 is 53.8 Å². The summed E-state index contributed by atoms with van der Waals surface area (Å²) in [6.07, 6.45) is 20.2. The van der Waals surface area contributed by atoms with Crippen molar-refractivity contribution in [2.24, 2.45) is 0 Å². The van der Waals surface area contributed by atoms with Gasteiger partial charge in [0.15, 0.2) is 17.1 Å². The second-order valence-electron chi connectivity index (χ2n) is 35.2. The fourth-order valence-electron chi connectivity index (χ4n) is 17.5. The number of hydroxylamine groups is 2. The van der Waals surface area contributed by atoms with Crippen LogP contribution in [0, 0.1) is 34.1 Å². The van der Waals surface area contributed by atoms with Gasteiger partial charge in [-0.05, 0) is 174 Å². The van der Waals surface area contributed by atoms with Gasteiger partial charge in [-0.25, -0.2) is 9.78 Å². The number of imidazole rings is 1. The van der Waals surface area contributed by atoms with Gasteiger partial charge in [0.25, 0.3) is 43.4 Å². The second kappa shape index (κ2) is 40.1. The minimum Gasteiger partial charge on any atom is -0.471 e. The molecule has 3 amide bonds. The normalized spacial score (nSPS) is 16.5. The summed E-state index contributed by atoms with van der Waals surface area (Å²) in [4.78, 5) is 95.0. The first-order valence-electron chi connectivity index (χ1n) is 43.5. The van der Waals surface area contributed by atoms with Crippen LogP contribution < -0.4 is 25.6 Å². The molecule has 14 rings (SSSR count). The first-order valence-corrected chi connectivity index (χ1v) is 46.4. The number of hydrogen-bond acceptors (Lipinski definition) is 22. The number of rotatable bonds is 38. The Bertz CT molecular complexity index is 6260. The summed E-state index contributed by atoms with van der Waals surface area (Å²) < 4.78 is 90.9. The number of nitrogens with zero attached hydrogens (tertiary/aromatic N) is 10. The summed E-state index contributed by atoms with van der Waals surface area (Å²) in [6, 6.07) is 43.2. The van der Waals surface area contributed by atoms with Crippen molar-refractivity contribution in [2.75, 3.05) is 61.5 Å². The van der Waals surface area contributed by atoms with E-state index in [9.17, 15) is 65.3 Å². The maximum Gasteiger partial charge on any atom is 0.333 e. The Labute approximate surface area is 756 Å². The van der Waals surface area contributed by atoms with E-state index in [1.165, 1.54) is 53.3 Å². The van der Waals surface area contributed by atoms with Crippen LogP contribution in [0.3, 0.4) is 0 Å². The Hall–Kier alpha value is -12.8. The molecule has 0 spiro atoms. The number of benzene rings is 7. The number of nitro benzene ring substituents is 2. The number of hydrogen-bond donors (Lipinski definition) is 5. The van der Waals surface area contributed by atoms with Crippen LogP contribution in [-0.2, 0) is 102 Å². The molecule has 5 aliphatic heterocycles. The molecule has 9 aromatic rings. The first-order chi connectivity index (χ1) is 61.8. The van der Waals surface area contributed by atoms with Gasteiger partial charge in [0.2, 0.25) is 29.1 Å². The lowest BCUT2D eigenvalue weighted by atomic mass is 9.81. The van der Waals surface area contributed by atoms with Gasteiger partial charge in [-0.2, -0.15) is 36.0 Å². The van der Waals surface area contributed by atoms with Crippen LogP contribution in [0.5, 0.6) is 5.88 Å². The Morgan fingerprint density at radius 2 is 1.05 bits per heavy atom. The van der Waals surface area contributed by atoms with Crippen LogP contribution in [0.2, 0.25) is 0 Å². The molecule has 1 saturated heterocycles. The molecule has 130 heavy (non-hydrogen) atoms. The molecular formula is C97H111N13O18S2+2. The number of anilines is 3. The number of nitrogens with two attached hydrogens (primary N) is 1. The smallest absolute Gasteiger partial charge is 0.333 e. The largest absolute Gasteiger partial charge is 0.471 e. The molecule has 0 saturated carbocycles. The monoisotopic (exact) mass is 1810 g/mol. The fraction of sp³-hybridized carbons (Fsp3) is 0.371. The number of aromatic nitrogens is 4. The molecule has 7 heterocycles. The molecule has 1 fully saturated rings. The number of nitrogen functional groups attached to an aromatic ring is 1. The van der Waals surface area contributed by atoms with Gasteiger partial charge in [0.1, 0.15) is 25.2 Å². The van der Waals surface area contributed by atoms with E-state index in [-0.39, 0.29) is 74.6 Å². The fourth-order valence-corrected chi connectivity index (χ4v) is 18.5. The number of aromatic amines is 1. The molecular weight excluding hydrogens is 1700 g/mol. The summed E-state index contributed by atoms with van der Waals surface area (Å²) in [5.41, 5.74) is 23.1. The molecule has 31 nitrogen and oxygen atoms in total. The summed E-state index contributed by atoms with van der Waals surface area (Å²) >= 11 is 0. The highest BCUT2D eigenvalue weighted by molar-refractivity contribution is 7.86. The van der Waals surface area contributed by atoms with E-state index >= 15 is 0 Å². The predicted molar refractivity (Wildman–Crippen MR) is 494 cm³/mol. The predicted octanol–water partition coefficient (Wildman–Crippen LogP) is 16.3. The zero-order chi connectivity index (χ0) is 93.2. The molecule has 0 atom stereocenters. The highest BCUT2D eigenvalue weighted by atomic mass is 32.2. The molecule has 0 unspecified atom stereocenters. The molecule has 0 aliphatic carbocycles. The number of unbranched alkanes of at least 4 members (excludes halogenated alkanes) is 4. The van der Waals surface area contributed by atoms with Crippen molar-refractivity contribution in [1.29, 1.82) is 0 Å². The first kappa shape index (κ1) is 94.8. The lowest BCUT2D eigenvalue weighted by Gasteiger charge is -2.27. The minimum atomic E-state index is -4.45. The van der Waals surface area contributed by atoms with Gasteiger partial charge in [0.05, 0.1) is 63.2 Å². The van der Waals surface area contributed by atoms with Crippen molar-refractivity contribution in [2.45, 2.75) is 197 Å². The van der Waals surface area contributed by atoms with Gasteiger partial charge in [-0.15, -0.1) is 5.06 Å². The molecule has 0 bridgehead atoms. The van der Waals surface area contributed by atoms with Crippen LogP contribution in [0.4, 0.5) is 40.1 Å². The zero-order valence-electron chi connectivity index (χ0n) is 74.7. The average molecular weight is 1810 g/mol. The minimum absolute atomic E-state index is 0.0299. The standard InChI is InChI=1S/C52H57N9O7S.C45H52N4O11S/c1-34-15-25-42-40(29-34)51(2,3)44(60(42)28-10-11-35-20-22-38(23-21-35)61(63)64)12-9-13-45-52(4,5)41-30-39(69(65,66)67)24-26-43(41)59(45)27-8-6-7-14-46(62)54-31-36-16-18-37(19-17-36)32-68-49-47-48(56-33-55-47)57-50(53)58-49;1-31-13-19-37-35(28-31)44(2,3)40(47(37)24-25-58-26-27-59-30-32-14-16-33(17-15-32)49(53)54)11-9-10-39-45(4,5)36-29-34(61(55,56)57)18-20-38(36)46(39)23-8-6-7-12-43(52)60-48-41(50)21-22-42(48)51/h9,12-13,15-26,29-30,33H,6-8,10-11,14,27-28,31-32H2,1-5H3,(H4-,53,54,55,56,57,58,62,65,66,67);9-11,13-20,28-29H,6-8,12,21-27,30H2,1-5H3/p+2.